The van der Waals surface area contributed by atoms with Crippen molar-refractivity contribution in [2.45, 2.75) is 17.1 Å². The Labute approximate surface area is 288 Å². The Morgan fingerprint density at radius 1 is 0.776 bits per heavy atom. The number of hydrogen-bond donors (Lipinski definition) is 3. The fourth-order valence-electron chi connectivity index (χ4n) is 5.00. The van der Waals surface area contributed by atoms with Crippen molar-refractivity contribution >= 4 is 46.9 Å². The molecular formula is C39H33N3O6S. The van der Waals surface area contributed by atoms with Crippen LogP contribution in [0.2, 0.25) is 0 Å². The highest BCUT2D eigenvalue weighted by molar-refractivity contribution is 8.00. The molecule has 0 bridgehead atoms. The molecule has 0 spiro atoms. The molecule has 0 saturated carbocycles. The van der Waals surface area contributed by atoms with E-state index in [-0.39, 0.29) is 18.4 Å². The summed E-state index contributed by atoms with van der Waals surface area (Å²) in [6.07, 6.45) is 1.61. The molecule has 3 amide bonds. The predicted molar refractivity (Wildman–Crippen MR) is 191 cm³/mol. The maximum Gasteiger partial charge on any atom is 0.272 e. The molecule has 0 aromatic heterocycles. The summed E-state index contributed by atoms with van der Waals surface area (Å²) in [4.78, 5) is 41.2. The van der Waals surface area contributed by atoms with Gasteiger partial charge in [-0.25, -0.2) is 0 Å². The molecule has 3 N–H and O–H groups in total. The Morgan fingerprint density at radius 2 is 1.49 bits per heavy atom. The molecule has 0 aliphatic carbocycles. The van der Waals surface area contributed by atoms with E-state index in [1.54, 1.807) is 78.9 Å². The number of hydrogen-bond acceptors (Lipinski definition) is 7. The molecule has 5 aromatic rings. The first-order valence-electron chi connectivity index (χ1n) is 15.6. The monoisotopic (exact) mass is 671 g/mol. The Balaban J connectivity index is 1.21. The van der Waals surface area contributed by atoms with Crippen LogP contribution >= 0.6 is 11.8 Å². The lowest BCUT2D eigenvalue weighted by Crippen LogP contribution is -2.30. The Kier molecular flexibility index (Phi) is 10.6. The molecule has 6 rings (SSSR count). The quantitative estimate of drug-likeness (QED) is 0.0920. The van der Waals surface area contributed by atoms with Crippen LogP contribution in [0.25, 0.3) is 6.08 Å². The number of fused-ring (bicyclic) bond motifs is 1. The van der Waals surface area contributed by atoms with Gasteiger partial charge in [0.05, 0.1) is 6.61 Å². The third-order valence-electron chi connectivity index (χ3n) is 7.36. The minimum atomic E-state index is -0.613. The predicted octanol–water partition coefficient (Wildman–Crippen LogP) is 7.70. The van der Waals surface area contributed by atoms with Crippen molar-refractivity contribution in [2.24, 2.45) is 0 Å². The lowest BCUT2D eigenvalue weighted by Gasteiger charge is -2.18. The van der Waals surface area contributed by atoms with Crippen molar-refractivity contribution in [3.63, 3.8) is 0 Å². The van der Waals surface area contributed by atoms with Crippen molar-refractivity contribution in [2.75, 3.05) is 24.0 Å². The van der Waals surface area contributed by atoms with E-state index in [0.717, 1.165) is 10.5 Å². The third kappa shape index (κ3) is 8.68. The molecule has 5 aromatic carbocycles. The minimum Gasteiger partial charge on any atom is -0.494 e. The first kappa shape index (κ1) is 32.9. The summed E-state index contributed by atoms with van der Waals surface area (Å²) >= 11 is 1.34. The van der Waals surface area contributed by atoms with Crippen molar-refractivity contribution in [3.8, 4) is 17.2 Å². The van der Waals surface area contributed by atoms with Crippen molar-refractivity contribution < 1.29 is 28.6 Å². The van der Waals surface area contributed by atoms with Gasteiger partial charge in [-0.15, -0.1) is 11.8 Å². The van der Waals surface area contributed by atoms with Crippen molar-refractivity contribution in [3.05, 3.63) is 150 Å². The Bertz CT molecular complexity index is 1970. The highest BCUT2D eigenvalue weighted by Gasteiger charge is 2.24. The van der Waals surface area contributed by atoms with Gasteiger partial charge in [-0.05, 0) is 78.7 Å². The van der Waals surface area contributed by atoms with Crippen LogP contribution in [-0.2, 0) is 9.59 Å². The summed E-state index contributed by atoms with van der Waals surface area (Å²) in [6, 6.07) is 37.8. The minimum absolute atomic E-state index is 0.0568. The highest BCUT2D eigenvalue weighted by atomic mass is 32.2. The van der Waals surface area contributed by atoms with Gasteiger partial charge in [-0.1, -0.05) is 66.7 Å². The molecule has 1 heterocycles. The number of rotatable bonds is 12. The van der Waals surface area contributed by atoms with Gasteiger partial charge in [0.25, 0.3) is 11.8 Å². The molecule has 0 saturated heterocycles. The summed E-state index contributed by atoms with van der Waals surface area (Å²) in [5.41, 5.74) is 3.05. The molecule has 1 aliphatic rings. The van der Waals surface area contributed by atoms with Gasteiger partial charge in [0.1, 0.15) is 16.7 Å². The van der Waals surface area contributed by atoms with Crippen molar-refractivity contribution in [1.29, 1.82) is 0 Å². The lowest BCUT2D eigenvalue weighted by molar-refractivity contribution is -0.116. The molecule has 0 radical (unpaired) electrons. The molecule has 246 valence electrons. The number of carbonyl (C=O) groups excluding carboxylic acids is 3. The summed E-state index contributed by atoms with van der Waals surface area (Å²) < 4.78 is 16.4. The average Bonchev–Trinajstić information content (AvgIpc) is 3.60. The first-order valence-corrected chi connectivity index (χ1v) is 16.5. The molecule has 1 unspecified atom stereocenters. The van der Waals surface area contributed by atoms with Crippen LogP contribution in [0.4, 0.5) is 11.4 Å². The summed E-state index contributed by atoms with van der Waals surface area (Å²) in [5.74, 6) is 0.737. The van der Waals surface area contributed by atoms with Gasteiger partial charge in [0, 0.05) is 27.9 Å². The van der Waals surface area contributed by atoms with Crippen LogP contribution in [-0.4, -0.2) is 31.1 Å². The van der Waals surface area contributed by atoms with E-state index >= 15 is 0 Å². The van der Waals surface area contributed by atoms with Crippen LogP contribution in [0.1, 0.15) is 33.7 Å². The second-order valence-corrected chi connectivity index (χ2v) is 12.0. The van der Waals surface area contributed by atoms with Crippen LogP contribution in [0.15, 0.2) is 138 Å². The van der Waals surface area contributed by atoms with Gasteiger partial charge in [-0.2, -0.15) is 0 Å². The molecule has 0 fully saturated rings. The third-order valence-corrected chi connectivity index (χ3v) is 8.61. The lowest BCUT2D eigenvalue weighted by atomic mass is 10.1. The topological polar surface area (TPSA) is 115 Å². The maximum atomic E-state index is 13.7. The van der Waals surface area contributed by atoms with Gasteiger partial charge in [0.2, 0.25) is 12.7 Å². The zero-order valence-electron chi connectivity index (χ0n) is 26.6. The van der Waals surface area contributed by atoms with E-state index in [1.165, 1.54) is 11.8 Å². The Morgan fingerprint density at radius 3 is 2.24 bits per heavy atom. The van der Waals surface area contributed by atoms with Gasteiger partial charge < -0.3 is 30.2 Å². The largest absolute Gasteiger partial charge is 0.494 e. The van der Waals surface area contributed by atoms with Gasteiger partial charge in [0.15, 0.2) is 11.5 Å². The maximum absolute atomic E-state index is 13.7. The molecule has 49 heavy (non-hydrogen) atoms. The van der Waals surface area contributed by atoms with E-state index in [0.29, 0.717) is 46.4 Å². The fraction of sp³-hybridized carbons (Fsp3) is 0.103. The number of anilines is 2. The normalized spacial score (nSPS) is 12.5. The van der Waals surface area contributed by atoms with E-state index < -0.39 is 17.1 Å². The standard InChI is InChI=1S/C39H33N3O6S/c1-2-46-31-19-16-26(17-20-31)22-33(42-37(43)28-12-7-4-8-13-28)38(44)40-29-14-9-15-32(23-29)49-36(27-10-5-3-6-11-27)39(45)41-30-18-21-34-35(24-30)48-25-47-34/h3-24,36H,2,25H2,1H3,(H,40,44)(H,41,45)(H,42,43)/b33-22+. The number of carbonyl (C=O) groups is 3. The van der Waals surface area contributed by atoms with E-state index in [2.05, 4.69) is 16.0 Å². The van der Waals surface area contributed by atoms with Crippen molar-refractivity contribution in [1.82, 2.24) is 5.32 Å². The first-order chi connectivity index (χ1) is 23.9. The number of ether oxygens (including phenoxy) is 3. The van der Waals surface area contributed by atoms with E-state index in [1.807, 2.05) is 61.5 Å². The highest BCUT2D eigenvalue weighted by Crippen LogP contribution is 2.39. The number of thioether (sulfide) groups is 1. The number of benzene rings is 5. The molecule has 10 heteroatoms. The fourth-order valence-corrected chi connectivity index (χ4v) is 6.08. The SMILES string of the molecule is CCOc1ccc(/C=C(/NC(=O)c2ccccc2)C(=O)Nc2cccc(SC(C(=O)Nc3ccc4c(c3)OCO4)c3ccccc3)c2)cc1. The van der Waals surface area contributed by atoms with E-state index in [9.17, 15) is 14.4 Å². The molecular weight excluding hydrogens is 639 g/mol. The van der Waals surface area contributed by atoms with Crippen LogP contribution in [0.3, 0.4) is 0 Å². The van der Waals surface area contributed by atoms with Crippen LogP contribution < -0.4 is 30.2 Å². The molecule has 9 nitrogen and oxygen atoms in total. The second-order valence-electron chi connectivity index (χ2n) is 10.8. The second kappa shape index (κ2) is 15.7. The van der Waals surface area contributed by atoms with Gasteiger partial charge in [-0.3, -0.25) is 14.4 Å². The summed E-state index contributed by atoms with van der Waals surface area (Å²) in [5, 5.41) is 8.06. The average molecular weight is 672 g/mol. The number of nitrogens with one attached hydrogen (secondary N) is 3. The zero-order chi connectivity index (χ0) is 34.0. The Hall–Kier alpha value is -6.00. The van der Waals surface area contributed by atoms with Crippen LogP contribution in [0, 0.1) is 0 Å². The zero-order valence-corrected chi connectivity index (χ0v) is 27.4. The van der Waals surface area contributed by atoms with Gasteiger partial charge >= 0.3 is 0 Å². The number of amides is 3. The summed E-state index contributed by atoms with van der Waals surface area (Å²) in [6.45, 7) is 2.57. The summed E-state index contributed by atoms with van der Waals surface area (Å²) in [7, 11) is 0. The van der Waals surface area contributed by atoms with E-state index in [4.69, 9.17) is 14.2 Å². The molecule has 1 aliphatic heterocycles. The smallest absolute Gasteiger partial charge is 0.272 e. The van der Waals surface area contributed by atoms with Crippen LogP contribution in [0.5, 0.6) is 17.2 Å². The molecule has 1 atom stereocenters.